The van der Waals surface area contributed by atoms with Gasteiger partial charge in [0.2, 0.25) is 0 Å². The number of hydrogen-bond acceptors (Lipinski definition) is 2. The van der Waals surface area contributed by atoms with E-state index in [4.69, 9.17) is 0 Å². The zero-order valence-electron chi connectivity index (χ0n) is 5.30. The van der Waals surface area contributed by atoms with Crippen LogP contribution in [0.2, 0.25) is 0 Å². The zero-order chi connectivity index (χ0) is 8.43. The average molecular weight is 373 g/mol. The lowest BCUT2D eigenvalue weighted by Crippen LogP contribution is -2.23. The fourth-order valence-electron chi connectivity index (χ4n) is 0.654. The van der Waals surface area contributed by atoms with Crippen molar-refractivity contribution in [1.29, 1.82) is 0 Å². The van der Waals surface area contributed by atoms with E-state index in [-0.39, 0.29) is 5.56 Å². The van der Waals surface area contributed by atoms with E-state index >= 15 is 0 Å². The number of benzene rings is 1. The molecule has 0 bridgehead atoms. The molecule has 0 atom stereocenters. The van der Waals surface area contributed by atoms with E-state index in [0.29, 0.717) is 3.57 Å². The maximum atomic E-state index is 10.5. The summed E-state index contributed by atoms with van der Waals surface area (Å²) in [6.07, 6.45) is 0. The van der Waals surface area contributed by atoms with Crippen LogP contribution in [0.5, 0.6) is 0 Å². The first-order valence-electron chi connectivity index (χ1n) is 2.77. The summed E-state index contributed by atoms with van der Waals surface area (Å²) < 4.78 is 1.62. The minimum Gasteiger partial charge on any atom is -0.545 e. The molecule has 0 saturated carbocycles. The van der Waals surface area contributed by atoms with Crippen molar-refractivity contribution in [2.75, 3.05) is 0 Å². The molecular weight excluding hydrogens is 370 g/mol. The molecule has 11 heavy (non-hydrogen) atoms. The molecule has 0 saturated heterocycles. The van der Waals surface area contributed by atoms with E-state index in [9.17, 15) is 9.90 Å². The molecule has 0 unspecified atom stereocenters. The van der Waals surface area contributed by atoms with E-state index in [1.807, 2.05) is 28.7 Å². The number of hydrogen-bond donors (Lipinski definition) is 0. The molecule has 1 aromatic rings. The summed E-state index contributed by atoms with van der Waals surface area (Å²) in [6, 6.07) is 5.21. The van der Waals surface area contributed by atoms with Gasteiger partial charge >= 0.3 is 0 Å². The van der Waals surface area contributed by atoms with Crippen LogP contribution in [-0.4, -0.2) is 5.97 Å². The highest BCUT2D eigenvalue weighted by Crippen LogP contribution is 2.14. The van der Waals surface area contributed by atoms with E-state index < -0.39 is 5.97 Å². The maximum Gasteiger partial charge on any atom is 0.0726 e. The van der Waals surface area contributed by atoms with Crippen LogP contribution in [0.25, 0.3) is 0 Å². The lowest BCUT2D eigenvalue weighted by Gasteiger charge is -2.04. The lowest BCUT2D eigenvalue weighted by molar-refractivity contribution is -0.255. The number of carbonyl (C=O) groups is 1. The highest BCUT2D eigenvalue weighted by molar-refractivity contribution is 14.1. The molecule has 0 aliphatic rings. The first-order chi connectivity index (χ1) is 5.11. The van der Waals surface area contributed by atoms with E-state index in [1.165, 1.54) is 0 Å². The van der Waals surface area contributed by atoms with Crippen molar-refractivity contribution >= 4 is 51.2 Å². The van der Waals surface area contributed by atoms with Crippen LogP contribution in [0.1, 0.15) is 10.4 Å². The fourth-order valence-corrected chi connectivity index (χ4v) is 1.70. The van der Waals surface area contributed by atoms with Gasteiger partial charge in [0.1, 0.15) is 0 Å². The third kappa shape index (κ3) is 2.29. The van der Waals surface area contributed by atoms with Crippen molar-refractivity contribution in [3.8, 4) is 0 Å². The summed E-state index contributed by atoms with van der Waals surface area (Å²) in [4.78, 5) is 10.5. The van der Waals surface area contributed by atoms with Gasteiger partial charge in [0.05, 0.1) is 5.97 Å². The van der Waals surface area contributed by atoms with E-state index in [1.54, 1.807) is 12.1 Å². The Bertz CT molecular complexity index is 296. The first kappa shape index (κ1) is 9.24. The lowest BCUT2D eigenvalue weighted by atomic mass is 10.2. The molecule has 0 N–H and O–H groups in total. The Hall–Kier alpha value is 0.150. The van der Waals surface area contributed by atoms with Gasteiger partial charge < -0.3 is 9.90 Å². The van der Waals surface area contributed by atoms with Crippen LogP contribution in [0.15, 0.2) is 18.2 Å². The quantitative estimate of drug-likeness (QED) is 0.696. The van der Waals surface area contributed by atoms with Gasteiger partial charge in [-0.15, -0.1) is 0 Å². The molecule has 4 heteroatoms. The van der Waals surface area contributed by atoms with Crippen LogP contribution < -0.4 is 5.11 Å². The molecule has 0 radical (unpaired) electrons. The van der Waals surface area contributed by atoms with Crippen LogP contribution in [0.4, 0.5) is 0 Å². The summed E-state index contributed by atoms with van der Waals surface area (Å²) in [5.74, 6) is -1.12. The maximum absolute atomic E-state index is 10.5. The van der Waals surface area contributed by atoms with Gasteiger partial charge in [0.25, 0.3) is 0 Å². The van der Waals surface area contributed by atoms with Crippen LogP contribution in [0.3, 0.4) is 0 Å². The molecule has 0 fully saturated rings. The monoisotopic (exact) mass is 373 g/mol. The van der Waals surface area contributed by atoms with Gasteiger partial charge in [-0.3, -0.25) is 0 Å². The number of carboxylic acid groups (broad SMARTS) is 1. The molecule has 1 aromatic carbocycles. The number of aromatic carboxylic acids is 1. The van der Waals surface area contributed by atoms with Gasteiger partial charge in [-0.2, -0.15) is 0 Å². The van der Waals surface area contributed by atoms with E-state index in [0.717, 1.165) is 3.57 Å². The van der Waals surface area contributed by atoms with Gasteiger partial charge in [0, 0.05) is 12.7 Å². The van der Waals surface area contributed by atoms with Crippen molar-refractivity contribution in [1.82, 2.24) is 0 Å². The Labute approximate surface area is 91.3 Å². The Kier molecular flexibility index (Phi) is 3.11. The second-order valence-electron chi connectivity index (χ2n) is 1.91. The molecule has 2 nitrogen and oxygen atoms in total. The molecule has 58 valence electrons. The van der Waals surface area contributed by atoms with Crippen LogP contribution >= 0.6 is 45.2 Å². The van der Waals surface area contributed by atoms with Crippen molar-refractivity contribution in [3.05, 3.63) is 30.9 Å². The molecule has 0 spiro atoms. The highest BCUT2D eigenvalue weighted by Gasteiger charge is 1.99. The van der Waals surface area contributed by atoms with Crippen molar-refractivity contribution < 1.29 is 9.90 Å². The second-order valence-corrected chi connectivity index (χ2v) is 4.32. The van der Waals surface area contributed by atoms with Crippen LogP contribution in [-0.2, 0) is 0 Å². The summed E-state index contributed by atoms with van der Waals surface area (Å²) in [5.41, 5.74) is 0.262. The standard InChI is InChI=1S/C7H4I2O2/c8-4-1-2-6(9)5(3-4)7(10)11/h1-3H,(H,10,11)/p-1. The highest BCUT2D eigenvalue weighted by atomic mass is 127. The zero-order valence-corrected chi connectivity index (χ0v) is 9.62. The van der Waals surface area contributed by atoms with Crippen molar-refractivity contribution in [2.45, 2.75) is 0 Å². The second kappa shape index (κ2) is 3.70. The molecule has 0 aliphatic heterocycles. The molecule has 0 aliphatic carbocycles. The van der Waals surface area contributed by atoms with Gasteiger partial charge in [-0.25, -0.2) is 0 Å². The van der Waals surface area contributed by atoms with Gasteiger partial charge in [-0.05, 0) is 63.4 Å². The normalized spacial score (nSPS) is 9.64. The number of carboxylic acids is 1. The largest absolute Gasteiger partial charge is 0.545 e. The molecule has 1 rings (SSSR count). The van der Waals surface area contributed by atoms with Crippen LogP contribution in [0, 0.1) is 7.14 Å². The Balaban J connectivity index is 3.23. The van der Waals surface area contributed by atoms with Crippen molar-refractivity contribution in [2.24, 2.45) is 0 Å². The van der Waals surface area contributed by atoms with E-state index in [2.05, 4.69) is 22.6 Å². The predicted molar refractivity (Wildman–Crippen MR) is 56.2 cm³/mol. The van der Waals surface area contributed by atoms with Crippen molar-refractivity contribution in [3.63, 3.8) is 0 Å². The Morgan fingerprint density at radius 1 is 1.36 bits per heavy atom. The minimum absolute atomic E-state index is 0.262. The molecular formula is C7H3I2O2-. The topological polar surface area (TPSA) is 40.1 Å². The summed E-state index contributed by atoms with van der Waals surface area (Å²) >= 11 is 4.03. The minimum atomic E-state index is -1.12. The van der Waals surface area contributed by atoms with Gasteiger partial charge in [0.15, 0.2) is 0 Å². The third-order valence-electron chi connectivity index (χ3n) is 1.15. The summed E-state index contributed by atoms with van der Waals surface area (Å²) in [7, 11) is 0. The Morgan fingerprint density at radius 3 is 2.45 bits per heavy atom. The van der Waals surface area contributed by atoms with Gasteiger partial charge in [-0.1, -0.05) is 0 Å². The molecule has 0 heterocycles. The predicted octanol–water partition coefficient (Wildman–Crippen LogP) is 1.26. The number of halogens is 2. The average Bonchev–Trinajstić information content (AvgIpc) is 1.94. The molecule has 0 amide bonds. The number of rotatable bonds is 1. The summed E-state index contributed by atoms with van der Waals surface area (Å²) in [5, 5.41) is 10.5. The smallest absolute Gasteiger partial charge is 0.0726 e. The SMILES string of the molecule is O=C([O-])c1cc(I)ccc1I. The molecule has 0 aromatic heterocycles. The number of carbonyl (C=O) groups excluding carboxylic acids is 1. The Morgan fingerprint density at radius 2 is 2.00 bits per heavy atom. The first-order valence-corrected chi connectivity index (χ1v) is 4.93. The summed E-state index contributed by atoms with van der Waals surface area (Å²) in [6.45, 7) is 0. The third-order valence-corrected chi connectivity index (χ3v) is 2.76. The fraction of sp³-hybridized carbons (Fsp3) is 0.